The van der Waals surface area contributed by atoms with Crippen molar-refractivity contribution in [1.82, 2.24) is 10.2 Å². The Balaban J connectivity index is 4.37. The number of hydrogen-bond acceptors (Lipinski definition) is 4. The van der Waals surface area contributed by atoms with Crippen molar-refractivity contribution < 1.29 is 14.7 Å². The Labute approximate surface area is 99.8 Å². The van der Waals surface area contributed by atoms with Crippen molar-refractivity contribution in [2.75, 3.05) is 19.7 Å². The molecule has 0 atom stereocenters. The molecule has 16 heavy (non-hydrogen) atoms. The topological polar surface area (TPSA) is 95.7 Å². The first-order chi connectivity index (χ1) is 7.40. The van der Waals surface area contributed by atoms with Crippen LogP contribution in [-0.2, 0) is 9.59 Å². The first-order valence-corrected chi connectivity index (χ1v) is 5.29. The SMILES string of the molecule is CC(C)N(CCO)C(=O)C(=O)NCC(N)=S. The zero-order valence-electron chi connectivity index (χ0n) is 9.40. The third kappa shape index (κ3) is 5.04. The fourth-order valence-corrected chi connectivity index (χ4v) is 1.15. The van der Waals surface area contributed by atoms with Crippen LogP contribution in [0.3, 0.4) is 0 Å². The minimum Gasteiger partial charge on any atom is -0.395 e. The molecule has 0 fully saturated rings. The van der Waals surface area contributed by atoms with Crippen LogP contribution >= 0.6 is 12.2 Å². The summed E-state index contributed by atoms with van der Waals surface area (Å²) in [5, 5.41) is 11.1. The van der Waals surface area contributed by atoms with E-state index in [4.69, 9.17) is 10.8 Å². The highest BCUT2D eigenvalue weighted by Crippen LogP contribution is 1.98. The number of hydrogen-bond donors (Lipinski definition) is 3. The summed E-state index contributed by atoms with van der Waals surface area (Å²) in [4.78, 5) is 24.4. The zero-order chi connectivity index (χ0) is 12.7. The summed E-state index contributed by atoms with van der Waals surface area (Å²) in [5.41, 5.74) is 5.19. The van der Waals surface area contributed by atoms with Gasteiger partial charge in [-0.3, -0.25) is 9.59 Å². The largest absolute Gasteiger partial charge is 0.395 e. The molecule has 0 aromatic heterocycles. The van der Waals surface area contributed by atoms with Crippen molar-refractivity contribution in [3.8, 4) is 0 Å². The molecule has 0 spiro atoms. The average molecular weight is 247 g/mol. The summed E-state index contributed by atoms with van der Waals surface area (Å²) in [6, 6.07) is -0.157. The zero-order valence-corrected chi connectivity index (χ0v) is 10.2. The van der Waals surface area contributed by atoms with Crippen LogP contribution in [-0.4, -0.2) is 52.5 Å². The van der Waals surface area contributed by atoms with Crippen LogP contribution in [0.2, 0.25) is 0 Å². The van der Waals surface area contributed by atoms with Gasteiger partial charge in [0, 0.05) is 12.6 Å². The number of carbonyl (C=O) groups is 2. The molecule has 0 aliphatic rings. The summed E-state index contributed by atoms with van der Waals surface area (Å²) in [5.74, 6) is -1.46. The van der Waals surface area contributed by atoms with Crippen LogP contribution in [0.25, 0.3) is 0 Å². The lowest BCUT2D eigenvalue weighted by atomic mass is 10.3. The summed E-state index contributed by atoms with van der Waals surface area (Å²) in [6.45, 7) is 3.44. The Morgan fingerprint density at radius 1 is 1.50 bits per heavy atom. The minimum absolute atomic E-state index is 0.00896. The lowest BCUT2D eigenvalue weighted by molar-refractivity contribution is -0.147. The van der Waals surface area contributed by atoms with Crippen molar-refractivity contribution in [1.29, 1.82) is 0 Å². The van der Waals surface area contributed by atoms with Gasteiger partial charge in [0.15, 0.2) is 0 Å². The van der Waals surface area contributed by atoms with Crippen molar-refractivity contribution in [2.24, 2.45) is 5.73 Å². The smallest absolute Gasteiger partial charge is 0.312 e. The lowest BCUT2D eigenvalue weighted by Crippen LogP contribution is -2.48. The summed E-state index contributed by atoms with van der Waals surface area (Å²) < 4.78 is 0. The van der Waals surface area contributed by atoms with E-state index in [-0.39, 0.29) is 30.7 Å². The number of nitrogens with one attached hydrogen (secondary N) is 1. The molecule has 0 heterocycles. The van der Waals surface area contributed by atoms with Crippen LogP contribution in [0.4, 0.5) is 0 Å². The molecule has 4 N–H and O–H groups in total. The van der Waals surface area contributed by atoms with Gasteiger partial charge in [0.05, 0.1) is 18.1 Å². The van der Waals surface area contributed by atoms with E-state index in [0.29, 0.717) is 0 Å². The van der Waals surface area contributed by atoms with E-state index >= 15 is 0 Å². The van der Waals surface area contributed by atoms with Gasteiger partial charge >= 0.3 is 11.8 Å². The Hall–Kier alpha value is -1.21. The molecular weight excluding hydrogens is 230 g/mol. The van der Waals surface area contributed by atoms with Crippen LogP contribution < -0.4 is 11.1 Å². The van der Waals surface area contributed by atoms with Crippen LogP contribution in [0.5, 0.6) is 0 Å². The van der Waals surface area contributed by atoms with Gasteiger partial charge in [-0.2, -0.15) is 0 Å². The van der Waals surface area contributed by atoms with Gasteiger partial charge in [-0.25, -0.2) is 0 Å². The van der Waals surface area contributed by atoms with E-state index in [2.05, 4.69) is 17.5 Å². The first kappa shape index (κ1) is 14.8. The quantitative estimate of drug-likeness (QED) is 0.411. The minimum atomic E-state index is -0.769. The van der Waals surface area contributed by atoms with Crippen LogP contribution in [0.1, 0.15) is 13.8 Å². The van der Waals surface area contributed by atoms with Crippen molar-refractivity contribution >= 4 is 29.0 Å². The van der Waals surface area contributed by atoms with E-state index in [1.807, 2.05) is 0 Å². The summed E-state index contributed by atoms with van der Waals surface area (Å²) >= 11 is 4.57. The molecule has 0 bridgehead atoms. The van der Waals surface area contributed by atoms with E-state index in [9.17, 15) is 9.59 Å². The number of aliphatic hydroxyl groups is 1. The predicted molar refractivity (Wildman–Crippen MR) is 63.7 cm³/mol. The fraction of sp³-hybridized carbons (Fsp3) is 0.667. The van der Waals surface area contributed by atoms with Crippen LogP contribution in [0.15, 0.2) is 0 Å². The van der Waals surface area contributed by atoms with Crippen LogP contribution in [0, 0.1) is 0 Å². The second kappa shape index (κ2) is 7.13. The Bertz CT molecular complexity index is 281. The second-order valence-corrected chi connectivity index (χ2v) is 3.99. The van der Waals surface area contributed by atoms with Gasteiger partial charge in [0.25, 0.3) is 0 Å². The molecule has 0 rings (SSSR count). The van der Waals surface area contributed by atoms with E-state index in [1.54, 1.807) is 13.8 Å². The van der Waals surface area contributed by atoms with Gasteiger partial charge in [0.1, 0.15) is 0 Å². The molecule has 0 saturated heterocycles. The summed E-state index contributed by atoms with van der Waals surface area (Å²) in [7, 11) is 0. The standard InChI is InChI=1S/C9H17N3O3S/c1-6(2)12(3-4-13)9(15)8(14)11-5-7(10)16/h6,13H,3-5H2,1-2H3,(H2,10,16)(H,11,14). The van der Waals surface area contributed by atoms with Crippen molar-refractivity contribution in [3.63, 3.8) is 0 Å². The molecule has 0 saturated carbocycles. The number of thiocarbonyl (C=S) groups is 1. The number of rotatable bonds is 5. The molecule has 0 radical (unpaired) electrons. The normalized spacial score (nSPS) is 10.0. The molecule has 0 aromatic carbocycles. The number of aliphatic hydroxyl groups excluding tert-OH is 1. The predicted octanol–water partition coefficient (Wildman–Crippen LogP) is -1.38. The molecule has 92 valence electrons. The maximum absolute atomic E-state index is 11.6. The maximum Gasteiger partial charge on any atom is 0.312 e. The fourth-order valence-electron chi connectivity index (χ4n) is 1.08. The van der Waals surface area contributed by atoms with Gasteiger partial charge in [-0.1, -0.05) is 12.2 Å². The van der Waals surface area contributed by atoms with E-state index < -0.39 is 11.8 Å². The molecule has 0 aliphatic heterocycles. The highest BCUT2D eigenvalue weighted by molar-refractivity contribution is 7.80. The molecule has 2 amide bonds. The lowest BCUT2D eigenvalue weighted by Gasteiger charge is -2.25. The summed E-state index contributed by atoms with van der Waals surface area (Å²) in [6.07, 6.45) is 0. The monoisotopic (exact) mass is 247 g/mol. The number of nitrogens with two attached hydrogens (primary N) is 1. The molecule has 0 unspecified atom stereocenters. The van der Waals surface area contributed by atoms with Gasteiger partial charge in [0.2, 0.25) is 0 Å². The molecule has 0 aliphatic carbocycles. The van der Waals surface area contributed by atoms with Gasteiger partial charge < -0.3 is 21.1 Å². The molecule has 7 heteroatoms. The molecule has 0 aromatic rings. The maximum atomic E-state index is 11.6. The van der Waals surface area contributed by atoms with Crippen molar-refractivity contribution in [2.45, 2.75) is 19.9 Å². The Morgan fingerprint density at radius 3 is 2.44 bits per heavy atom. The molecule has 6 nitrogen and oxygen atoms in total. The van der Waals surface area contributed by atoms with Gasteiger partial charge in [-0.05, 0) is 13.8 Å². The van der Waals surface area contributed by atoms with Crippen molar-refractivity contribution in [3.05, 3.63) is 0 Å². The highest BCUT2D eigenvalue weighted by atomic mass is 32.1. The second-order valence-electron chi connectivity index (χ2n) is 3.46. The van der Waals surface area contributed by atoms with E-state index in [0.717, 1.165) is 0 Å². The average Bonchev–Trinajstić information content (AvgIpc) is 2.20. The van der Waals surface area contributed by atoms with E-state index in [1.165, 1.54) is 4.90 Å². The number of carbonyl (C=O) groups excluding carboxylic acids is 2. The Morgan fingerprint density at radius 2 is 2.06 bits per heavy atom. The number of amides is 2. The third-order valence-corrected chi connectivity index (χ3v) is 1.99. The van der Waals surface area contributed by atoms with Gasteiger partial charge in [-0.15, -0.1) is 0 Å². The third-order valence-electron chi connectivity index (χ3n) is 1.84. The number of nitrogens with zero attached hydrogens (tertiary/aromatic N) is 1. The molecular formula is C9H17N3O3S. The highest BCUT2D eigenvalue weighted by Gasteiger charge is 2.23. The first-order valence-electron chi connectivity index (χ1n) is 4.88. The Kier molecular flexibility index (Phi) is 6.59.